The summed E-state index contributed by atoms with van der Waals surface area (Å²) in [7, 11) is 1.88. The van der Waals surface area contributed by atoms with Crippen molar-refractivity contribution in [1.82, 2.24) is 24.4 Å². The summed E-state index contributed by atoms with van der Waals surface area (Å²) < 4.78 is 6.97. The van der Waals surface area contributed by atoms with Crippen LogP contribution in [0.1, 0.15) is 19.1 Å². The molecule has 2 unspecified atom stereocenters. The number of aliphatic hydroxyl groups excluding tert-OH is 2. The van der Waals surface area contributed by atoms with Crippen LogP contribution in [0, 0.1) is 0 Å². The Labute approximate surface area is 154 Å². The number of unbranched alkanes of at least 4 members (excludes halogenated alkanes) is 1. The molecule has 7 N–H and O–H groups in total. The van der Waals surface area contributed by atoms with E-state index in [0.29, 0.717) is 13.2 Å². The summed E-state index contributed by atoms with van der Waals surface area (Å²) in [6.45, 7) is 1.60. The maximum atomic E-state index is 12.3. The van der Waals surface area contributed by atoms with Crippen molar-refractivity contribution >= 4 is 17.0 Å². The number of H-pyrrole nitrogens is 1. The first-order chi connectivity index (χ1) is 12.9. The lowest BCUT2D eigenvalue weighted by atomic mass is 10.1. The molecule has 4 atom stereocenters. The summed E-state index contributed by atoms with van der Waals surface area (Å²) in [5.41, 5.74) is 5.67. The summed E-state index contributed by atoms with van der Waals surface area (Å²) in [4.78, 5) is 29.3. The van der Waals surface area contributed by atoms with Crippen LogP contribution in [0.3, 0.4) is 0 Å². The van der Waals surface area contributed by atoms with Crippen molar-refractivity contribution in [3.8, 4) is 0 Å². The minimum Gasteiger partial charge on any atom is -0.387 e. The van der Waals surface area contributed by atoms with E-state index in [9.17, 15) is 15.0 Å². The summed E-state index contributed by atoms with van der Waals surface area (Å²) >= 11 is 0. The van der Waals surface area contributed by atoms with Crippen LogP contribution in [0.25, 0.3) is 11.2 Å². The molecule has 2 aromatic rings. The maximum absolute atomic E-state index is 12.3. The molecule has 0 aromatic carbocycles. The van der Waals surface area contributed by atoms with E-state index in [-0.39, 0.29) is 17.0 Å². The monoisotopic (exact) mass is 383 g/mol. The highest BCUT2D eigenvalue weighted by Crippen LogP contribution is 2.31. The van der Waals surface area contributed by atoms with Crippen molar-refractivity contribution < 1.29 is 19.8 Å². The number of nitrogens with two attached hydrogens (primary N) is 2. The second-order valence-corrected chi connectivity index (χ2v) is 6.64. The van der Waals surface area contributed by atoms with Gasteiger partial charge in [-0.25, -0.2) is 25.2 Å². The standard InChI is InChI=1S/C15H25N7O5/c1-21(4-2-3-5-26-17)6-8-10(23)11(24)14(27-8)22-13-9(20-15(22)25)12(16)18-7-19-13/h7-8,10-11,14,23-24H,2-6,17H2,1H3,(H,20,25)(H2,16,18,19)/t8-,10?,11?,14-/m1/s1. The van der Waals surface area contributed by atoms with Gasteiger partial charge < -0.3 is 35.4 Å². The van der Waals surface area contributed by atoms with Gasteiger partial charge in [0.25, 0.3) is 0 Å². The van der Waals surface area contributed by atoms with Gasteiger partial charge in [-0.15, -0.1) is 0 Å². The number of anilines is 1. The number of hydrogen-bond donors (Lipinski definition) is 5. The molecule has 0 radical (unpaired) electrons. The molecule has 1 aliphatic heterocycles. The second kappa shape index (κ2) is 8.29. The van der Waals surface area contributed by atoms with Crippen LogP contribution >= 0.6 is 0 Å². The number of nitrogens with zero attached hydrogens (tertiary/aromatic N) is 4. The predicted molar refractivity (Wildman–Crippen MR) is 95.4 cm³/mol. The normalized spacial score (nSPS) is 25.7. The third-order valence-corrected chi connectivity index (χ3v) is 4.67. The number of hydrogen-bond acceptors (Lipinski definition) is 10. The first-order valence-electron chi connectivity index (χ1n) is 8.66. The molecular formula is C15H25N7O5. The smallest absolute Gasteiger partial charge is 0.330 e. The number of aliphatic hydroxyl groups is 2. The number of imidazole rings is 1. The van der Waals surface area contributed by atoms with E-state index in [2.05, 4.69) is 19.8 Å². The quantitative estimate of drug-likeness (QED) is 0.251. The lowest BCUT2D eigenvalue weighted by molar-refractivity contribution is -0.0438. The largest absolute Gasteiger partial charge is 0.387 e. The number of nitrogen functional groups attached to an aromatic ring is 1. The first kappa shape index (κ1) is 19.7. The average Bonchev–Trinajstić information content (AvgIpc) is 3.11. The number of rotatable bonds is 8. The number of likely N-dealkylation sites (N-methyl/N-ethyl adjacent to an activating group) is 1. The van der Waals surface area contributed by atoms with Crippen LogP contribution < -0.4 is 17.3 Å². The van der Waals surface area contributed by atoms with Crippen molar-refractivity contribution in [3.63, 3.8) is 0 Å². The molecule has 0 aliphatic carbocycles. The summed E-state index contributed by atoms with van der Waals surface area (Å²) in [5.74, 6) is 5.10. The zero-order chi connectivity index (χ0) is 19.6. The van der Waals surface area contributed by atoms with Crippen molar-refractivity contribution in [3.05, 3.63) is 16.8 Å². The van der Waals surface area contributed by atoms with Crippen molar-refractivity contribution in [1.29, 1.82) is 0 Å². The van der Waals surface area contributed by atoms with Crippen molar-refractivity contribution in [2.75, 3.05) is 32.5 Å². The molecule has 1 aliphatic rings. The number of nitrogens with one attached hydrogen (secondary N) is 1. The van der Waals surface area contributed by atoms with Crippen LogP contribution in [0.4, 0.5) is 5.82 Å². The number of fused-ring (bicyclic) bond motifs is 1. The minimum atomic E-state index is -1.29. The Hall–Kier alpha value is -2.09. The van der Waals surface area contributed by atoms with Crippen LogP contribution in [-0.4, -0.2) is 79.7 Å². The fourth-order valence-corrected chi connectivity index (χ4v) is 3.25. The van der Waals surface area contributed by atoms with Gasteiger partial charge in [0.1, 0.15) is 30.2 Å². The van der Waals surface area contributed by atoms with Crippen LogP contribution in [0.5, 0.6) is 0 Å². The molecule has 12 heteroatoms. The molecule has 1 saturated heterocycles. The fraction of sp³-hybridized carbons (Fsp3) is 0.667. The highest BCUT2D eigenvalue weighted by atomic mass is 16.6. The Kier molecular flexibility index (Phi) is 6.04. The highest BCUT2D eigenvalue weighted by molar-refractivity contribution is 5.81. The zero-order valence-electron chi connectivity index (χ0n) is 15.0. The zero-order valence-corrected chi connectivity index (χ0v) is 15.0. The van der Waals surface area contributed by atoms with Gasteiger partial charge in [0.15, 0.2) is 17.7 Å². The fourth-order valence-electron chi connectivity index (χ4n) is 3.25. The Morgan fingerprint density at radius 1 is 1.37 bits per heavy atom. The molecule has 0 bridgehead atoms. The van der Waals surface area contributed by atoms with Gasteiger partial charge >= 0.3 is 5.69 Å². The first-order valence-corrected chi connectivity index (χ1v) is 8.66. The van der Waals surface area contributed by atoms with Gasteiger partial charge in [0.2, 0.25) is 0 Å². The molecule has 27 heavy (non-hydrogen) atoms. The molecule has 0 amide bonds. The van der Waals surface area contributed by atoms with E-state index in [1.165, 1.54) is 6.33 Å². The van der Waals surface area contributed by atoms with Gasteiger partial charge in [-0.05, 0) is 26.4 Å². The lowest BCUT2D eigenvalue weighted by Crippen LogP contribution is -2.39. The maximum Gasteiger partial charge on any atom is 0.330 e. The van der Waals surface area contributed by atoms with Crippen LogP contribution in [-0.2, 0) is 9.57 Å². The molecule has 150 valence electrons. The summed E-state index contributed by atoms with van der Waals surface area (Å²) in [5, 5.41) is 20.8. The van der Waals surface area contributed by atoms with Crippen molar-refractivity contribution in [2.24, 2.45) is 5.90 Å². The van der Waals surface area contributed by atoms with Gasteiger partial charge in [-0.2, -0.15) is 0 Å². The SMILES string of the molecule is CN(CCCCON)C[C@H]1O[C@@H](n2c(=O)[nH]c3c(N)ncnc32)C(O)C1O. The lowest BCUT2D eigenvalue weighted by Gasteiger charge is -2.22. The van der Waals surface area contributed by atoms with E-state index >= 15 is 0 Å². The van der Waals surface area contributed by atoms with Crippen LogP contribution in [0.15, 0.2) is 11.1 Å². The van der Waals surface area contributed by atoms with Gasteiger partial charge in [0, 0.05) is 6.54 Å². The van der Waals surface area contributed by atoms with Gasteiger partial charge in [-0.3, -0.25) is 0 Å². The van der Waals surface area contributed by atoms with E-state index < -0.39 is 30.2 Å². The molecule has 12 nitrogen and oxygen atoms in total. The summed E-state index contributed by atoms with van der Waals surface area (Å²) in [6, 6.07) is 0. The molecule has 2 aromatic heterocycles. The molecule has 0 spiro atoms. The third-order valence-electron chi connectivity index (χ3n) is 4.67. The molecule has 3 heterocycles. The number of aromatic amines is 1. The molecule has 0 saturated carbocycles. The molecule has 3 rings (SSSR count). The molecular weight excluding hydrogens is 358 g/mol. The highest BCUT2D eigenvalue weighted by Gasteiger charge is 2.45. The van der Waals surface area contributed by atoms with Crippen molar-refractivity contribution in [2.45, 2.75) is 37.4 Å². The van der Waals surface area contributed by atoms with Gasteiger partial charge in [-0.1, -0.05) is 0 Å². The number of ether oxygens (including phenoxy) is 1. The van der Waals surface area contributed by atoms with Gasteiger partial charge in [0.05, 0.1) is 6.61 Å². The topological polar surface area (TPSA) is 178 Å². The predicted octanol–water partition coefficient (Wildman–Crippen LogP) is -2.08. The summed E-state index contributed by atoms with van der Waals surface area (Å²) in [6.07, 6.45) is -1.30. The molecule has 1 fully saturated rings. The van der Waals surface area contributed by atoms with E-state index in [1.54, 1.807) is 0 Å². The van der Waals surface area contributed by atoms with E-state index in [0.717, 1.165) is 24.0 Å². The Balaban J connectivity index is 1.73. The van der Waals surface area contributed by atoms with Crippen LogP contribution in [0.2, 0.25) is 0 Å². The Bertz CT molecular complexity index is 824. The third kappa shape index (κ3) is 3.95. The number of aromatic nitrogens is 4. The Morgan fingerprint density at radius 3 is 2.89 bits per heavy atom. The van der Waals surface area contributed by atoms with E-state index in [1.807, 2.05) is 11.9 Å². The average molecular weight is 383 g/mol. The minimum absolute atomic E-state index is 0.113. The Morgan fingerprint density at radius 2 is 2.15 bits per heavy atom. The second-order valence-electron chi connectivity index (χ2n) is 6.64. The van der Waals surface area contributed by atoms with E-state index in [4.69, 9.17) is 16.4 Å².